The van der Waals surface area contributed by atoms with Gasteiger partial charge in [-0.05, 0) is 38.1 Å². The number of para-hydroxylation sites is 3. The Morgan fingerprint density at radius 1 is 1.10 bits per heavy atom. The molecule has 0 bridgehead atoms. The summed E-state index contributed by atoms with van der Waals surface area (Å²) in [5.41, 5.74) is 1.36. The Bertz CT molecular complexity index is 853. The summed E-state index contributed by atoms with van der Waals surface area (Å²) >= 11 is 0. The van der Waals surface area contributed by atoms with Gasteiger partial charge in [0.05, 0.1) is 23.2 Å². The number of nitrogens with zero attached hydrogens (tertiary/aromatic N) is 2. The zero-order valence-electron chi connectivity index (χ0n) is 12.0. The highest BCUT2D eigenvalue weighted by molar-refractivity contribution is 5.78. The second kappa shape index (κ2) is 5.40. The zero-order chi connectivity index (χ0) is 14.8. The Morgan fingerprint density at radius 3 is 2.62 bits per heavy atom. The first-order chi connectivity index (χ1) is 10.2. The van der Waals surface area contributed by atoms with Crippen molar-refractivity contribution in [2.24, 2.45) is 0 Å². The van der Waals surface area contributed by atoms with Gasteiger partial charge in [-0.2, -0.15) is 0 Å². The molecule has 0 saturated heterocycles. The van der Waals surface area contributed by atoms with Crippen LogP contribution in [0.5, 0.6) is 5.75 Å². The third-order valence-electron chi connectivity index (χ3n) is 3.35. The van der Waals surface area contributed by atoms with E-state index >= 15 is 0 Å². The lowest BCUT2D eigenvalue weighted by molar-refractivity contribution is 0.338. The fraction of sp³-hybridized carbons (Fsp3) is 0.176. The third-order valence-corrected chi connectivity index (χ3v) is 3.35. The maximum absolute atomic E-state index is 12.8. The molecule has 2 aromatic carbocycles. The van der Waals surface area contributed by atoms with Crippen LogP contribution in [0.4, 0.5) is 0 Å². The number of rotatable bonds is 3. The van der Waals surface area contributed by atoms with Crippen LogP contribution in [0, 0.1) is 6.92 Å². The first kappa shape index (κ1) is 13.4. The minimum Gasteiger partial charge on any atom is -0.492 e. The van der Waals surface area contributed by atoms with Crippen molar-refractivity contribution in [3.8, 4) is 11.4 Å². The maximum atomic E-state index is 12.8. The van der Waals surface area contributed by atoms with Crippen molar-refractivity contribution in [1.82, 2.24) is 9.55 Å². The van der Waals surface area contributed by atoms with Crippen LogP contribution in [0.15, 0.2) is 53.3 Å². The molecule has 1 aromatic heterocycles. The predicted molar refractivity (Wildman–Crippen MR) is 83.2 cm³/mol. The highest BCUT2D eigenvalue weighted by Crippen LogP contribution is 2.23. The van der Waals surface area contributed by atoms with Crippen LogP contribution < -0.4 is 10.3 Å². The number of benzene rings is 2. The fourth-order valence-electron chi connectivity index (χ4n) is 2.45. The Hall–Kier alpha value is -2.62. The highest BCUT2D eigenvalue weighted by atomic mass is 16.5. The lowest BCUT2D eigenvalue weighted by Gasteiger charge is -2.14. The molecule has 0 aliphatic rings. The number of fused-ring (bicyclic) bond motifs is 1. The SMILES string of the molecule is CCOc1ccccc1-n1c(C)nc2ccccc2c1=O. The second-order valence-electron chi connectivity index (χ2n) is 4.72. The van der Waals surface area contributed by atoms with Crippen molar-refractivity contribution < 1.29 is 4.74 Å². The van der Waals surface area contributed by atoms with E-state index in [1.807, 2.05) is 56.3 Å². The second-order valence-corrected chi connectivity index (χ2v) is 4.72. The van der Waals surface area contributed by atoms with Gasteiger partial charge in [-0.25, -0.2) is 4.98 Å². The summed E-state index contributed by atoms with van der Waals surface area (Å²) in [6.45, 7) is 4.30. The van der Waals surface area contributed by atoms with Crippen molar-refractivity contribution in [3.63, 3.8) is 0 Å². The van der Waals surface area contributed by atoms with Crippen molar-refractivity contribution >= 4 is 10.9 Å². The molecule has 0 saturated carbocycles. The number of aromatic nitrogens is 2. The maximum Gasteiger partial charge on any atom is 0.266 e. The first-order valence-electron chi connectivity index (χ1n) is 6.93. The summed E-state index contributed by atoms with van der Waals surface area (Å²) in [5, 5.41) is 0.606. The molecule has 0 aliphatic heterocycles. The van der Waals surface area contributed by atoms with Gasteiger partial charge in [0.25, 0.3) is 5.56 Å². The molecule has 21 heavy (non-hydrogen) atoms. The summed E-state index contributed by atoms with van der Waals surface area (Å²) in [6.07, 6.45) is 0. The van der Waals surface area contributed by atoms with E-state index in [9.17, 15) is 4.79 Å². The summed E-state index contributed by atoms with van der Waals surface area (Å²) in [7, 11) is 0. The molecule has 3 rings (SSSR count). The molecule has 0 unspecified atom stereocenters. The molecule has 3 aromatic rings. The van der Waals surface area contributed by atoms with Crippen molar-refractivity contribution in [1.29, 1.82) is 0 Å². The van der Waals surface area contributed by atoms with E-state index in [0.29, 0.717) is 29.1 Å². The molecule has 1 heterocycles. The van der Waals surface area contributed by atoms with Crippen LogP contribution in [-0.4, -0.2) is 16.2 Å². The topological polar surface area (TPSA) is 44.1 Å². The van der Waals surface area contributed by atoms with E-state index in [4.69, 9.17) is 4.74 Å². The number of aryl methyl sites for hydroxylation is 1. The number of ether oxygens (including phenoxy) is 1. The number of hydrogen-bond acceptors (Lipinski definition) is 3. The molecule has 0 atom stereocenters. The van der Waals surface area contributed by atoms with E-state index in [-0.39, 0.29) is 5.56 Å². The highest BCUT2D eigenvalue weighted by Gasteiger charge is 2.12. The molecule has 0 spiro atoms. The van der Waals surface area contributed by atoms with Crippen LogP contribution in [0.1, 0.15) is 12.7 Å². The molecule has 0 fully saturated rings. The van der Waals surface area contributed by atoms with E-state index in [2.05, 4.69) is 4.98 Å². The normalized spacial score (nSPS) is 10.8. The van der Waals surface area contributed by atoms with Gasteiger partial charge in [0.1, 0.15) is 11.6 Å². The van der Waals surface area contributed by atoms with Gasteiger partial charge in [0, 0.05) is 0 Å². The van der Waals surface area contributed by atoms with Gasteiger partial charge in [-0.1, -0.05) is 24.3 Å². The molecule has 0 amide bonds. The predicted octanol–water partition coefficient (Wildman–Crippen LogP) is 3.09. The molecular formula is C17H16N2O2. The smallest absolute Gasteiger partial charge is 0.266 e. The van der Waals surface area contributed by atoms with Gasteiger partial charge >= 0.3 is 0 Å². The molecular weight excluding hydrogens is 264 g/mol. The molecule has 4 nitrogen and oxygen atoms in total. The minimum absolute atomic E-state index is 0.0785. The van der Waals surface area contributed by atoms with Crippen molar-refractivity contribution in [3.05, 3.63) is 64.7 Å². The average Bonchev–Trinajstić information content (AvgIpc) is 2.49. The molecule has 106 valence electrons. The van der Waals surface area contributed by atoms with Crippen LogP contribution in [0.25, 0.3) is 16.6 Å². The largest absolute Gasteiger partial charge is 0.492 e. The van der Waals surface area contributed by atoms with Crippen molar-refractivity contribution in [2.75, 3.05) is 6.61 Å². The summed E-state index contributed by atoms with van der Waals surface area (Å²) in [6, 6.07) is 14.9. The monoisotopic (exact) mass is 280 g/mol. The Kier molecular flexibility index (Phi) is 3.44. The Morgan fingerprint density at radius 2 is 1.81 bits per heavy atom. The standard InChI is InChI=1S/C17H16N2O2/c1-3-21-16-11-7-6-10-15(16)19-12(2)18-14-9-5-4-8-13(14)17(19)20/h4-11H,3H2,1-2H3. The number of hydrogen-bond donors (Lipinski definition) is 0. The fourth-order valence-corrected chi connectivity index (χ4v) is 2.45. The third kappa shape index (κ3) is 2.29. The summed E-state index contributed by atoms with van der Waals surface area (Å²) < 4.78 is 7.23. The lowest BCUT2D eigenvalue weighted by Crippen LogP contribution is -2.22. The molecule has 0 radical (unpaired) electrons. The van der Waals surface area contributed by atoms with Crippen LogP contribution in [0.3, 0.4) is 0 Å². The zero-order valence-corrected chi connectivity index (χ0v) is 12.0. The van der Waals surface area contributed by atoms with Crippen LogP contribution in [-0.2, 0) is 0 Å². The minimum atomic E-state index is -0.0785. The first-order valence-corrected chi connectivity index (χ1v) is 6.93. The van der Waals surface area contributed by atoms with Crippen molar-refractivity contribution in [2.45, 2.75) is 13.8 Å². The summed E-state index contributed by atoms with van der Waals surface area (Å²) in [5.74, 6) is 1.33. The van der Waals surface area contributed by atoms with Gasteiger partial charge < -0.3 is 4.74 Å². The van der Waals surface area contributed by atoms with Gasteiger partial charge in [-0.15, -0.1) is 0 Å². The quantitative estimate of drug-likeness (QED) is 0.740. The van der Waals surface area contributed by atoms with E-state index in [1.54, 1.807) is 10.6 Å². The van der Waals surface area contributed by atoms with E-state index < -0.39 is 0 Å². The molecule has 4 heteroatoms. The Labute approximate surface area is 122 Å². The van der Waals surface area contributed by atoms with Crippen LogP contribution >= 0.6 is 0 Å². The summed E-state index contributed by atoms with van der Waals surface area (Å²) in [4.78, 5) is 17.3. The van der Waals surface area contributed by atoms with Gasteiger partial charge in [0.15, 0.2) is 0 Å². The van der Waals surface area contributed by atoms with Gasteiger partial charge in [-0.3, -0.25) is 9.36 Å². The van der Waals surface area contributed by atoms with E-state index in [0.717, 1.165) is 5.69 Å². The van der Waals surface area contributed by atoms with Gasteiger partial charge in [0.2, 0.25) is 0 Å². The molecule has 0 aliphatic carbocycles. The lowest BCUT2D eigenvalue weighted by atomic mass is 10.2. The van der Waals surface area contributed by atoms with Crippen LogP contribution in [0.2, 0.25) is 0 Å². The molecule has 0 N–H and O–H groups in total. The average molecular weight is 280 g/mol. The van der Waals surface area contributed by atoms with E-state index in [1.165, 1.54) is 0 Å². The Balaban J connectivity index is 2.33.